The van der Waals surface area contributed by atoms with Gasteiger partial charge in [0.15, 0.2) is 0 Å². The minimum Gasteiger partial charge on any atom is -0.387 e. The zero-order valence-corrected chi connectivity index (χ0v) is 12.9. The second-order valence-corrected chi connectivity index (χ2v) is 5.04. The number of carbonyl (C=O) groups excluding carboxylic acids is 1. The predicted octanol–water partition coefficient (Wildman–Crippen LogP) is 3.55. The first-order valence-corrected chi connectivity index (χ1v) is 7.11. The van der Waals surface area contributed by atoms with Crippen LogP contribution >= 0.6 is 0 Å². The Kier molecular flexibility index (Phi) is 4.58. The fourth-order valence-electron chi connectivity index (χ4n) is 2.33. The summed E-state index contributed by atoms with van der Waals surface area (Å²) in [4.78, 5) is 16.7. The number of aromatic nitrogens is 1. The molecule has 0 saturated heterocycles. The number of amides is 1. The van der Waals surface area contributed by atoms with Crippen LogP contribution < -0.4 is 10.6 Å². The Morgan fingerprint density at radius 1 is 1.29 bits per heavy atom. The number of nitrogens with one attached hydrogen (secondary N) is 2. The summed E-state index contributed by atoms with van der Waals surface area (Å²) in [7, 11) is 1.80. The average molecular weight is 283 g/mol. The van der Waals surface area contributed by atoms with Gasteiger partial charge in [-0.1, -0.05) is 25.1 Å². The van der Waals surface area contributed by atoms with Gasteiger partial charge in [-0.15, -0.1) is 0 Å². The Morgan fingerprint density at radius 3 is 2.71 bits per heavy atom. The first kappa shape index (κ1) is 15.0. The molecule has 1 amide bonds. The lowest BCUT2D eigenvalue weighted by Crippen LogP contribution is -2.16. The number of carbonyl (C=O) groups is 1. The van der Waals surface area contributed by atoms with Crippen molar-refractivity contribution >= 4 is 17.3 Å². The maximum Gasteiger partial charge on any atom is 0.259 e. The maximum atomic E-state index is 12.5. The van der Waals surface area contributed by atoms with Gasteiger partial charge in [0.1, 0.15) is 0 Å². The highest BCUT2D eigenvalue weighted by molar-refractivity contribution is 6.08. The SMILES string of the molecule is CCc1cccc(C)c1NC(=O)c1cnc(C)cc1NC. The molecule has 0 aliphatic carbocycles. The lowest BCUT2D eigenvalue weighted by atomic mass is 10.1. The number of rotatable bonds is 4. The summed E-state index contributed by atoms with van der Waals surface area (Å²) in [5.74, 6) is -0.143. The first-order chi connectivity index (χ1) is 10.1. The number of hydrogen-bond acceptors (Lipinski definition) is 3. The molecule has 0 aliphatic heterocycles. The summed E-state index contributed by atoms with van der Waals surface area (Å²) in [5.41, 5.74) is 5.30. The molecule has 1 aromatic heterocycles. The van der Waals surface area contributed by atoms with E-state index >= 15 is 0 Å². The number of anilines is 2. The molecule has 0 bridgehead atoms. The fraction of sp³-hybridized carbons (Fsp3) is 0.294. The summed E-state index contributed by atoms with van der Waals surface area (Å²) in [5, 5.41) is 6.07. The van der Waals surface area contributed by atoms with Crippen LogP contribution in [0.3, 0.4) is 0 Å². The predicted molar refractivity (Wildman–Crippen MR) is 87.0 cm³/mol. The molecule has 0 fully saturated rings. The van der Waals surface area contributed by atoms with E-state index in [1.807, 2.05) is 38.1 Å². The monoisotopic (exact) mass is 283 g/mol. The fourth-order valence-corrected chi connectivity index (χ4v) is 2.33. The average Bonchev–Trinajstić information content (AvgIpc) is 2.48. The number of nitrogens with zero attached hydrogens (tertiary/aromatic N) is 1. The lowest BCUT2D eigenvalue weighted by Gasteiger charge is -2.14. The smallest absolute Gasteiger partial charge is 0.259 e. The molecule has 0 atom stereocenters. The standard InChI is InChI=1S/C17H21N3O/c1-5-13-8-6-7-11(2)16(13)20-17(21)14-10-19-12(3)9-15(14)18-4/h6-10H,5H2,1-4H3,(H,18,19)(H,20,21). The van der Waals surface area contributed by atoms with E-state index in [0.717, 1.165) is 34.6 Å². The quantitative estimate of drug-likeness (QED) is 0.902. The largest absolute Gasteiger partial charge is 0.387 e. The van der Waals surface area contributed by atoms with Crippen molar-refractivity contribution < 1.29 is 4.79 Å². The third-order valence-electron chi connectivity index (χ3n) is 3.53. The molecule has 2 rings (SSSR count). The Bertz CT molecular complexity index is 665. The highest BCUT2D eigenvalue weighted by Gasteiger charge is 2.14. The van der Waals surface area contributed by atoms with E-state index in [4.69, 9.17) is 0 Å². The molecule has 4 heteroatoms. The molecule has 0 spiro atoms. The van der Waals surface area contributed by atoms with E-state index in [0.29, 0.717) is 5.56 Å². The van der Waals surface area contributed by atoms with Gasteiger partial charge in [0.05, 0.1) is 11.3 Å². The molecule has 1 aromatic carbocycles. The third-order valence-corrected chi connectivity index (χ3v) is 3.53. The molecular weight excluding hydrogens is 262 g/mol. The van der Waals surface area contributed by atoms with Gasteiger partial charge in [0, 0.05) is 24.6 Å². The van der Waals surface area contributed by atoms with Gasteiger partial charge >= 0.3 is 0 Å². The van der Waals surface area contributed by atoms with Crippen molar-refractivity contribution in [3.8, 4) is 0 Å². The molecule has 0 unspecified atom stereocenters. The third kappa shape index (κ3) is 3.21. The molecule has 4 nitrogen and oxygen atoms in total. The summed E-state index contributed by atoms with van der Waals surface area (Å²) in [6, 6.07) is 7.92. The van der Waals surface area contributed by atoms with Gasteiger partial charge < -0.3 is 10.6 Å². The summed E-state index contributed by atoms with van der Waals surface area (Å²) >= 11 is 0. The Labute approximate surface area is 125 Å². The van der Waals surface area contributed by atoms with E-state index in [9.17, 15) is 4.79 Å². The Morgan fingerprint density at radius 2 is 2.05 bits per heavy atom. The normalized spacial score (nSPS) is 10.3. The molecule has 0 radical (unpaired) electrons. The summed E-state index contributed by atoms with van der Waals surface area (Å²) in [6.07, 6.45) is 2.49. The molecule has 0 aliphatic rings. The number of hydrogen-bond donors (Lipinski definition) is 2. The Hall–Kier alpha value is -2.36. The molecule has 110 valence electrons. The van der Waals surface area contributed by atoms with E-state index in [2.05, 4.69) is 22.5 Å². The van der Waals surface area contributed by atoms with Crippen molar-refractivity contribution in [3.05, 3.63) is 52.8 Å². The van der Waals surface area contributed by atoms with Gasteiger partial charge in [0.2, 0.25) is 0 Å². The van der Waals surface area contributed by atoms with E-state index in [-0.39, 0.29) is 5.91 Å². The highest BCUT2D eigenvalue weighted by atomic mass is 16.1. The lowest BCUT2D eigenvalue weighted by molar-refractivity contribution is 0.102. The van der Waals surface area contributed by atoms with Gasteiger partial charge in [0.25, 0.3) is 5.91 Å². The second kappa shape index (κ2) is 6.39. The van der Waals surface area contributed by atoms with Crippen molar-refractivity contribution in [3.63, 3.8) is 0 Å². The molecule has 0 saturated carbocycles. The van der Waals surface area contributed by atoms with E-state index in [1.165, 1.54) is 0 Å². The number of pyridine rings is 1. The van der Waals surface area contributed by atoms with Gasteiger partial charge in [-0.2, -0.15) is 0 Å². The zero-order valence-electron chi connectivity index (χ0n) is 12.9. The topological polar surface area (TPSA) is 54.0 Å². The van der Waals surface area contributed by atoms with Crippen molar-refractivity contribution in [1.29, 1.82) is 0 Å². The molecular formula is C17H21N3O. The van der Waals surface area contributed by atoms with Crippen LogP contribution in [0.1, 0.15) is 34.1 Å². The second-order valence-electron chi connectivity index (χ2n) is 5.04. The highest BCUT2D eigenvalue weighted by Crippen LogP contribution is 2.23. The summed E-state index contributed by atoms with van der Waals surface area (Å²) < 4.78 is 0. The van der Waals surface area contributed by atoms with Crippen LogP contribution in [0.15, 0.2) is 30.5 Å². The molecule has 1 heterocycles. The number of aryl methyl sites for hydroxylation is 3. The maximum absolute atomic E-state index is 12.5. The number of para-hydroxylation sites is 1. The van der Waals surface area contributed by atoms with Crippen LogP contribution in [-0.4, -0.2) is 17.9 Å². The van der Waals surface area contributed by atoms with Crippen LogP contribution in [-0.2, 0) is 6.42 Å². The first-order valence-electron chi connectivity index (χ1n) is 7.11. The van der Waals surface area contributed by atoms with Crippen LogP contribution in [0.2, 0.25) is 0 Å². The minimum atomic E-state index is -0.143. The van der Waals surface area contributed by atoms with Gasteiger partial charge in [-0.05, 0) is 37.5 Å². The minimum absolute atomic E-state index is 0.143. The molecule has 21 heavy (non-hydrogen) atoms. The number of benzene rings is 1. The van der Waals surface area contributed by atoms with Crippen LogP contribution in [0.5, 0.6) is 0 Å². The van der Waals surface area contributed by atoms with Crippen molar-refractivity contribution in [2.45, 2.75) is 27.2 Å². The van der Waals surface area contributed by atoms with Crippen LogP contribution in [0.4, 0.5) is 11.4 Å². The van der Waals surface area contributed by atoms with E-state index in [1.54, 1.807) is 13.2 Å². The van der Waals surface area contributed by atoms with Crippen molar-refractivity contribution in [1.82, 2.24) is 4.98 Å². The van der Waals surface area contributed by atoms with Gasteiger partial charge in [-0.3, -0.25) is 9.78 Å². The van der Waals surface area contributed by atoms with E-state index < -0.39 is 0 Å². The van der Waals surface area contributed by atoms with Crippen LogP contribution in [0.25, 0.3) is 0 Å². The van der Waals surface area contributed by atoms with Crippen LogP contribution in [0, 0.1) is 13.8 Å². The van der Waals surface area contributed by atoms with Crippen molar-refractivity contribution in [2.75, 3.05) is 17.7 Å². The summed E-state index contributed by atoms with van der Waals surface area (Å²) in [6.45, 7) is 5.98. The zero-order chi connectivity index (χ0) is 15.4. The Balaban J connectivity index is 2.35. The molecule has 2 aromatic rings. The molecule has 2 N–H and O–H groups in total. The van der Waals surface area contributed by atoms with Gasteiger partial charge in [-0.25, -0.2) is 0 Å². The van der Waals surface area contributed by atoms with Crippen molar-refractivity contribution in [2.24, 2.45) is 0 Å².